The van der Waals surface area contributed by atoms with E-state index in [9.17, 15) is 14.4 Å². The third-order valence-electron chi connectivity index (χ3n) is 5.58. The summed E-state index contributed by atoms with van der Waals surface area (Å²) in [6.45, 7) is 5.76. The minimum absolute atomic E-state index is 0.237. The average molecular weight is 439 g/mol. The van der Waals surface area contributed by atoms with Crippen LogP contribution in [0.2, 0.25) is 0 Å². The molecule has 0 fully saturated rings. The van der Waals surface area contributed by atoms with Crippen LogP contribution >= 0.6 is 0 Å². The Kier molecular flexibility index (Phi) is 7.51. The maximum absolute atomic E-state index is 13.1. The SMILES string of the molecule is COc1ccccc1C(=O)N[C@H](C(=O)O[C@H](C)C(=O)N1CCCc2ccccc21)C(C)C. The smallest absolute Gasteiger partial charge is 0.329 e. The maximum atomic E-state index is 13.1. The van der Waals surface area contributed by atoms with E-state index >= 15 is 0 Å². The number of ether oxygens (including phenoxy) is 2. The Morgan fingerprint density at radius 3 is 2.41 bits per heavy atom. The Balaban J connectivity index is 1.69. The summed E-state index contributed by atoms with van der Waals surface area (Å²) in [4.78, 5) is 40.4. The average Bonchev–Trinajstić information content (AvgIpc) is 2.81. The van der Waals surface area contributed by atoms with Gasteiger partial charge in [0.1, 0.15) is 11.8 Å². The first-order valence-corrected chi connectivity index (χ1v) is 10.9. The minimum atomic E-state index is -0.974. The number of aryl methyl sites for hydroxylation is 1. The Hall–Kier alpha value is -3.35. The summed E-state index contributed by atoms with van der Waals surface area (Å²) in [5, 5.41) is 2.73. The number of fused-ring (bicyclic) bond motifs is 1. The highest BCUT2D eigenvalue weighted by molar-refractivity contribution is 6.00. The van der Waals surface area contributed by atoms with Crippen LogP contribution in [0.5, 0.6) is 5.75 Å². The molecule has 0 saturated heterocycles. The fraction of sp³-hybridized carbons (Fsp3) is 0.400. The van der Waals surface area contributed by atoms with Crippen LogP contribution in [0.1, 0.15) is 43.1 Å². The summed E-state index contributed by atoms with van der Waals surface area (Å²) in [6.07, 6.45) is 0.795. The van der Waals surface area contributed by atoms with Crippen LogP contribution in [-0.2, 0) is 20.7 Å². The summed E-state index contributed by atoms with van der Waals surface area (Å²) >= 11 is 0. The van der Waals surface area contributed by atoms with Gasteiger partial charge in [0.2, 0.25) is 0 Å². The Bertz CT molecular complexity index is 988. The largest absolute Gasteiger partial charge is 0.496 e. The first-order valence-electron chi connectivity index (χ1n) is 10.9. The second kappa shape index (κ2) is 10.3. The Labute approximate surface area is 188 Å². The number of para-hydroxylation sites is 2. The quantitative estimate of drug-likeness (QED) is 0.670. The Morgan fingerprint density at radius 1 is 1.00 bits per heavy atom. The number of hydrogen-bond donors (Lipinski definition) is 1. The molecule has 2 amide bonds. The fourth-order valence-electron chi connectivity index (χ4n) is 3.83. The number of amides is 2. The summed E-state index contributed by atoms with van der Waals surface area (Å²) < 4.78 is 10.8. The van der Waals surface area contributed by atoms with Crippen LogP contribution in [0, 0.1) is 5.92 Å². The highest BCUT2D eigenvalue weighted by Crippen LogP contribution is 2.27. The van der Waals surface area contributed by atoms with Gasteiger partial charge in [-0.15, -0.1) is 0 Å². The van der Waals surface area contributed by atoms with Crippen LogP contribution in [0.4, 0.5) is 5.69 Å². The highest BCUT2D eigenvalue weighted by atomic mass is 16.5. The molecule has 0 radical (unpaired) electrons. The summed E-state index contributed by atoms with van der Waals surface area (Å²) in [6, 6.07) is 13.6. The summed E-state index contributed by atoms with van der Waals surface area (Å²) in [5.41, 5.74) is 2.29. The lowest BCUT2D eigenvalue weighted by Crippen LogP contribution is -2.49. The molecule has 3 rings (SSSR count). The van der Waals surface area contributed by atoms with Crippen LogP contribution in [0.15, 0.2) is 48.5 Å². The first kappa shape index (κ1) is 23.3. The van der Waals surface area contributed by atoms with Gasteiger partial charge in [-0.2, -0.15) is 0 Å². The molecule has 2 aromatic carbocycles. The van der Waals surface area contributed by atoms with E-state index in [2.05, 4.69) is 5.32 Å². The number of carbonyl (C=O) groups excluding carboxylic acids is 3. The van der Waals surface area contributed by atoms with Crippen molar-refractivity contribution in [2.24, 2.45) is 5.92 Å². The van der Waals surface area contributed by atoms with E-state index < -0.39 is 24.0 Å². The first-order chi connectivity index (χ1) is 15.3. The lowest BCUT2D eigenvalue weighted by molar-refractivity contribution is -0.156. The number of nitrogens with one attached hydrogen (secondary N) is 1. The van der Waals surface area contributed by atoms with Crippen molar-refractivity contribution in [2.45, 2.75) is 45.8 Å². The van der Waals surface area contributed by atoms with E-state index in [4.69, 9.17) is 9.47 Å². The van der Waals surface area contributed by atoms with Gasteiger partial charge >= 0.3 is 5.97 Å². The molecule has 1 N–H and O–H groups in total. The molecule has 1 aliphatic heterocycles. The molecule has 0 aliphatic carbocycles. The van der Waals surface area contributed by atoms with Crippen LogP contribution in [-0.4, -0.2) is 43.6 Å². The normalized spacial score (nSPS) is 14.8. The molecular formula is C25H30N2O5. The molecule has 7 heteroatoms. The molecule has 0 unspecified atom stereocenters. The zero-order chi connectivity index (χ0) is 23.3. The predicted octanol–water partition coefficient (Wildman–Crippen LogP) is 3.36. The van der Waals surface area contributed by atoms with Crippen molar-refractivity contribution in [3.8, 4) is 5.75 Å². The van der Waals surface area contributed by atoms with Gasteiger partial charge in [-0.05, 0) is 49.4 Å². The molecule has 2 atom stereocenters. The third kappa shape index (κ3) is 5.10. The van der Waals surface area contributed by atoms with Gasteiger partial charge in [0, 0.05) is 12.2 Å². The monoisotopic (exact) mass is 438 g/mol. The number of rotatable bonds is 7. The zero-order valence-corrected chi connectivity index (χ0v) is 19.0. The van der Waals surface area contributed by atoms with Gasteiger partial charge in [-0.1, -0.05) is 44.2 Å². The zero-order valence-electron chi connectivity index (χ0n) is 19.0. The number of carbonyl (C=O) groups is 3. The van der Waals surface area contributed by atoms with E-state index in [0.717, 1.165) is 24.1 Å². The molecule has 0 aromatic heterocycles. The predicted molar refractivity (Wildman–Crippen MR) is 122 cm³/mol. The van der Waals surface area contributed by atoms with Crippen molar-refractivity contribution in [1.82, 2.24) is 5.32 Å². The van der Waals surface area contributed by atoms with E-state index in [0.29, 0.717) is 17.9 Å². The number of hydrogen-bond acceptors (Lipinski definition) is 5. The van der Waals surface area contributed by atoms with Gasteiger partial charge in [0.25, 0.3) is 11.8 Å². The maximum Gasteiger partial charge on any atom is 0.329 e. The van der Waals surface area contributed by atoms with Crippen LogP contribution in [0.25, 0.3) is 0 Å². The lowest BCUT2D eigenvalue weighted by atomic mass is 10.0. The van der Waals surface area contributed by atoms with Gasteiger partial charge in [-0.25, -0.2) is 4.79 Å². The topological polar surface area (TPSA) is 84.9 Å². The van der Waals surface area contributed by atoms with Gasteiger partial charge in [0.15, 0.2) is 6.10 Å². The number of esters is 1. The summed E-state index contributed by atoms with van der Waals surface area (Å²) in [5.74, 6) is -1.19. The van der Waals surface area contributed by atoms with Crippen LogP contribution < -0.4 is 15.0 Å². The molecular weight excluding hydrogens is 408 g/mol. The third-order valence-corrected chi connectivity index (χ3v) is 5.58. The molecule has 7 nitrogen and oxygen atoms in total. The molecule has 0 spiro atoms. The van der Waals surface area contributed by atoms with E-state index in [1.54, 1.807) is 36.1 Å². The van der Waals surface area contributed by atoms with Crippen molar-refractivity contribution in [3.63, 3.8) is 0 Å². The number of nitrogens with zero attached hydrogens (tertiary/aromatic N) is 1. The highest BCUT2D eigenvalue weighted by Gasteiger charge is 2.32. The fourth-order valence-corrected chi connectivity index (χ4v) is 3.83. The van der Waals surface area contributed by atoms with Crippen molar-refractivity contribution < 1.29 is 23.9 Å². The van der Waals surface area contributed by atoms with Crippen LogP contribution in [0.3, 0.4) is 0 Å². The molecule has 0 saturated carbocycles. The van der Waals surface area contributed by atoms with E-state index in [1.807, 2.05) is 38.1 Å². The van der Waals surface area contributed by atoms with Crippen molar-refractivity contribution in [3.05, 3.63) is 59.7 Å². The molecule has 32 heavy (non-hydrogen) atoms. The number of methoxy groups -OCH3 is 1. The van der Waals surface area contributed by atoms with Crippen molar-refractivity contribution in [1.29, 1.82) is 0 Å². The molecule has 1 aliphatic rings. The number of benzene rings is 2. The summed E-state index contributed by atoms with van der Waals surface area (Å²) in [7, 11) is 1.48. The molecule has 0 bridgehead atoms. The second-order valence-corrected chi connectivity index (χ2v) is 8.20. The van der Waals surface area contributed by atoms with Crippen molar-refractivity contribution >= 4 is 23.5 Å². The van der Waals surface area contributed by atoms with Crippen molar-refractivity contribution in [2.75, 3.05) is 18.6 Å². The molecule has 170 valence electrons. The lowest BCUT2D eigenvalue weighted by Gasteiger charge is -2.31. The van der Waals surface area contributed by atoms with Gasteiger partial charge in [0.05, 0.1) is 12.7 Å². The molecule has 1 heterocycles. The van der Waals surface area contributed by atoms with E-state index in [-0.39, 0.29) is 11.8 Å². The Morgan fingerprint density at radius 2 is 1.69 bits per heavy atom. The second-order valence-electron chi connectivity index (χ2n) is 8.20. The number of anilines is 1. The van der Waals surface area contributed by atoms with E-state index in [1.165, 1.54) is 7.11 Å². The van der Waals surface area contributed by atoms with Gasteiger partial charge < -0.3 is 19.7 Å². The standard InChI is InChI=1S/C25H30N2O5/c1-16(2)22(26-23(28)19-12-6-8-14-21(19)31-4)25(30)32-17(3)24(29)27-15-9-11-18-10-5-7-13-20(18)27/h5-8,10,12-14,16-17,22H,9,11,15H2,1-4H3,(H,26,28)/t17-,22+/m1/s1. The minimum Gasteiger partial charge on any atom is -0.496 e. The molecule has 2 aromatic rings. The van der Waals surface area contributed by atoms with Gasteiger partial charge in [-0.3, -0.25) is 9.59 Å².